The number of benzene rings is 1. The van der Waals surface area contributed by atoms with Crippen LogP contribution in [0, 0.1) is 0 Å². The van der Waals surface area contributed by atoms with Gasteiger partial charge < -0.3 is 0 Å². The number of carbonyl (C=O) groups is 1. The first-order valence-electron chi connectivity index (χ1n) is 5.62. The summed E-state index contributed by atoms with van der Waals surface area (Å²) < 4.78 is 12.1. The Labute approximate surface area is 98.5 Å². The van der Waals surface area contributed by atoms with E-state index in [1.807, 2.05) is 12.1 Å². The molecule has 2 unspecified atom stereocenters. The van der Waals surface area contributed by atoms with E-state index in [4.69, 9.17) is 0 Å². The van der Waals surface area contributed by atoms with Crippen LogP contribution in [-0.4, -0.2) is 15.2 Å². The molecule has 0 N–H and O–H groups in total. The molecule has 0 bridgehead atoms. The van der Waals surface area contributed by atoms with Crippen molar-refractivity contribution in [1.29, 1.82) is 0 Å². The highest BCUT2D eigenvalue weighted by Crippen LogP contribution is 2.25. The molecule has 0 fully saturated rings. The number of hydrogen-bond donors (Lipinski definition) is 0. The zero-order valence-corrected chi connectivity index (χ0v) is 10.5. The summed E-state index contributed by atoms with van der Waals surface area (Å²) in [7, 11) is -1.20. The number of fused-ring (bicyclic) bond motifs is 1. The van der Waals surface area contributed by atoms with Crippen molar-refractivity contribution in [3.8, 4) is 0 Å². The summed E-state index contributed by atoms with van der Waals surface area (Å²) in [6.07, 6.45) is 3.40. The van der Waals surface area contributed by atoms with Crippen molar-refractivity contribution in [2.75, 3.05) is 0 Å². The van der Waals surface area contributed by atoms with E-state index in [2.05, 4.69) is 6.07 Å². The monoisotopic (exact) mass is 236 g/mol. The van der Waals surface area contributed by atoms with Gasteiger partial charge in [-0.05, 0) is 56.4 Å². The van der Waals surface area contributed by atoms with Crippen molar-refractivity contribution in [2.24, 2.45) is 0 Å². The van der Waals surface area contributed by atoms with E-state index in [9.17, 15) is 9.00 Å². The van der Waals surface area contributed by atoms with Gasteiger partial charge in [0.2, 0.25) is 0 Å². The van der Waals surface area contributed by atoms with Crippen LogP contribution in [0.25, 0.3) is 0 Å². The molecule has 3 heteroatoms. The Morgan fingerprint density at radius 1 is 1.31 bits per heavy atom. The van der Waals surface area contributed by atoms with Crippen LogP contribution in [0.1, 0.15) is 31.4 Å². The molecular weight excluding hydrogens is 220 g/mol. The minimum atomic E-state index is -1.20. The molecule has 1 aromatic carbocycles. The lowest BCUT2D eigenvalue weighted by atomic mass is 10.1. The fraction of sp³-hybridized carbons (Fsp3) is 0.462. The third-order valence-electron chi connectivity index (χ3n) is 3.20. The zero-order chi connectivity index (χ0) is 11.7. The maximum absolute atomic E-state index is 12.1. The smallest absolute Gasteiger partial charge is 0.145 e. The fourth-order valence-corrected chi connectivity index (χ4v) is 3.20. The molecule has 0 aromatic heterocycles. The van der Waals surface area contributed by atoms with Gasteiger partial charge in [0.05, 0.1) is 16.0 Å². The van der Waals surface area contributed by atoms with Crippen LogP contribution in [0.4, 0.5) is 0 Å². The zero-order valence-electron chi connectivity index (χ0n) is 9.66. The highest BCUT2D eigenvalue weighted by atomic mass is 32.2. The van der Waals surface area contributed by atoms with Crippen LogP contribution in [0.15, 0.2) is 23.1 Å². The summed E-state index contributed by atoms with van der Waals surface area (Å²) >= 11 is 0. The van der Waals surface area contributed by atoms with Crippen molar-refractivity contribution in [3.63, 3.8) is 0 Å². The Morgan fingerprint density at radius 2 is 2.00 bits per heavy atom. The molecule has 1 aliphatic rings. The van der Waals surface area contributed by atoms with E-state index in [1.54, 1.807) is 6.92 Å². The molecule has 2 rings (SSSR count). The van der Waals surface area contributed by atoms with Crippen LogP contribution in [0.5, 0.6) is 0 Å². The van der Waals surface area contributed by atoms with Gasteiger partial charge >= 0.3 is 0 Å². The fourth-order valence-electron chi connectivity index (χ4n) is 2.03. The van der Waals surface area contributed by atoms with Crippen LogP contribution >= 0.6 is 0 Å². The molecule has 0 spiro atoms. The predicted molar refractivity (Wildman–Crippen MR) is 65.0 cm³/mol. The second-order valence-corrected chi connectivity index (χ2v) is 6.11. The Hall–Kier alpha value is -0.960. The molecule has 2 atom stereocenters. The van der Waals surface area contributed by atoms with Gasteiger partial charge in [-0.1, -0.05) is 6.07 Å². The summed E-state index contributed by atoms with van der Waals surface area (Å²) in [6.45, 7) is 3.22. The second kappa shape index (κ2) is 4.50. The number of rotatable bonds is 3. The number of ketones is 1. The van der Waals surface area contributed by atoms with Crippen LogP contribution in [-0.2, 0) is 28.4 Å². The summed E-state index contributed by atoms with van der Waals surface area (Å²) in [6, 6.07) is 5.97. The third kappa shape index (κ3) is 2.09. The van der Waals surface area contributed by atoms with E-state index in [-0.39, 0.29) is 5.78 Å². The molecule has 16 heavy (non-hydrogen) atoms. The summed E-state index contributed by atoms with van der Waals surface area (Å²) in [5.74, 6) is -0.0150. The maximum atomic E-state index is 12.1. The Kier molecular flexibility index (Phi) is 3.24. The van der Waals surface area contributed by atoms with E-state index >= 15 is 0 Å². The van der Waals surface area contributed by atoms with Crippen LogP contribution in [0.2, 0.25) is 0 Å². The van der Waals surface area contributed by atoms with Gasteiger partial charge in [-0.15, -0.1) is 0 Å². The molecule has 1 aliphatic carbocycles. The first kappa shape index (κ1) is 11.5. The number of aryl methyl sites for hydroxylation is 2. The van der Waals surface area contributed by atoms with Crippen LogP contribution in [0.3, 0.4) is 0 Å². The number of carbonyl (C=O) groups excluding carboxylic acids is 1. The van der Waals surface area contributed by atoms with Gasteiger partial charge in [-0.2, -0.15) is 0 Å². The molecule has 86 valence electrons. The SMILES string of the molecule is CC(=O)C(C)S(=O)c1ccc2c(c1)CCC2. The second-order valence-electron chi connectivity index (χ2n) is 4.33. The normalized spacial score (nSPS) is 17.9. The first-order chi connectivity index (χ1) is 7.59. The lowest BCUT2D eigenvalue weighted by Crippen LogP contribution is -2.19. The van der Waals surface area contributed by atoms with Gasteiger partial charge in [0.25, 0.3) is 0 Å². The van der Waals surface area contributed by atoms with E-state index in [0.717, 1.165) is 17.7 Å². The van der Waals surface area contributed by atoms with Crippen molar-refractivity contribution in [2.45, 2.75) is 43.3 Å². The van der Waals surface area contributed by atoms with Crippen molar-refractivity contribution >= 4 is 16.6 Å². The topological polar surface area (TPSA) is 34.1 Å². The summed E-state index contributed by atoms with van der Waals surface area (Å²) in [5.41, 5.74) is 2.68. The van der Waals surface area contributed by atoms with E-state index < -0.39 is 16.0 Å². The van der Waals surface area contributed by atoms with Crippen molar-refractivity contribution < 1.29 is 9.00 Å². The lowest BCUT2D eigenvalue weighted by Gasteiger charge is -2.09. The van der Waals surface area contributed by atoms with Gasteiger partial charge in [-0.25, -0.2) is 0 Å². The Bertz CT molecular complexity index is 451. The molecular formula is C13H16O2S. The number of Topliss-reactive ketones (excluding diaryl/α,β-unsaturated/α-hetero) is 1. The number of hydrogen-bond acceptors (Lipinski definition) is 2. The average Bonchev–Trinajstić information content (AvgIpc) is 2.73. The molecule has 0 saturated carbocycles. The molecule has 0 saturated heterocycles. The first-order valence-corrected chi connectivity index (χ1v) is 6.83. The van der Waals surface area contributed by atoms with Crippen LogP contribution < -0.4 is 0 Å². The average molecular weight is 236 g/mol. The molecule has 0 aliphatic heterocycles. The Balaban J connectivity index is 2.28. The maximum Gasteiger partial charge on any atom is 0.145 e. The van der Waals surface area contributed by atoms with Gasteiger partial charge in [0, 0.05) is 4.90 Å². The molecule has 1 aromatic rings. The standard InChI is InChI=1S/C13H16O2S/c1-9(14)10(2)16(15)13-7-6-11-4-3-5-12(11)8-13/h6-8,10H,3-5H2,1-2H3. The molecule has 0 heterocycles. The summed E-state index contributed by atoms with van der Waals surface area (Å²) in [4.78, 5) is 12.0. The summed E-state index contributed by atoms with van der Waals surface area (Å²) in [5, 5.41) is -0.403. The molecule has 2 nitrogen and oxygen atoms in total. The quantitative estimate of drug-likeness (QED) is 0.806. The van der Waals surface area contributed by atoms with E-state index in [1.165, 1.54) is 24.5 Å². The van der Waals surface area contributed by atoms with Gasteiger partial charge in [0.1, 0.15) is 5.78 Å². The van der Waals surface area contributed by atoms with Crippen molar-refractivity contribution in [3.05, 3.63) is 29.3 Å². The molecule has 0 radical (unpaired) electrons. The minimum absolute atomic E-state index is 0.0150. The minimum Gasteiger partial charge on any atom is -0.299 e. The van der Waals surface area contributed by atoms with Gasteiger partial charge in [0.15, 0.2) is 0 Å². The lowest BCUT2D eigenvalue weighted by molar-refractivity contribution is -0.116. The van der Waals surface area contributed by atoms with E-state index in [0.29, 0.717) is 0 Å². The molecule has 0 amide bonds. The van der Waals surface area contributed by atoms with Gasteiger partial charge in [-0.3, -0.25) is 9.00 Å². The highest BCUT2D eigenvalue weighted by Gasteiger charge is 2.19. The van der Waals surface area contributed by atoms with Crippen molar-refractivity contribution in [1.82, 2.24) is 0 Å². The highest BCUT2D eigenvalue weighted by molar-refractivity contribution is 7.86. The Morgan fingerprint density at radius 3 is 2.69 bits per heavy atom. The third-order valence-corrected chi connectivity index (χ3v) is 4.89. The predicted octanol–water partition coefficient (Wildman–Crippen LogP) is 2.26. The largest absolute Gasteiger partial charge is 0.299 e.